The second-order valence-corrected chi connectivity index (χ2v) is 5.48. The zero-order valence-electron chi connectivity index (χ0n) is 12.1. The smallest absolute Gasteiger partial charge is 0.203 e. The van der Waals surface area contributed by atoms with Gasteiger partial charge in [0.1, 0.15) is 5.76 Å². The highest BCUT2D eigenvalue weighted by atomic mass is 19.2. The molecule has 0 atom stereocenters. The molecule has 0 aromatic rings. The Kier molecular flexibility index (Phi) is 6.76. The van der Waals surface area contributed by atoms with E-state index >= 15 is 0 Å². The molecule has 2 nitrogen and oxygen atoms in total. The van der Waals surface area contributed by atoms with Crippen molar-refractivity contribution < 1.29 is 18.6 Å². The number of hydrogen-bond donors (Lipinski definition) is 1. The third kappa shape index (κ3) is 4.99. The third-order valence-electron chi connectivity index (χ3n) is 3.85. The quantitative estimate of drug-likeness (QED) is 0.505. The molecular weight excluding hydrogens is 262 g/mol. The summed E-state index contributed by atoms with van der Waals surface area (Å²) < 4.78 is 31.7. The van der Waals surface area contributed by atoms with Gasteiger partial charge in [-0.1, -0.05) is 45.8 Å². The van der Waals surface area contributed by atoms with E-state index in [1.54, 1.807) is 0 Å². The Labute approximate surface area is 119 Å². The van der Waals surface area contributed by atoms with Crippen LogP contribution in [0.4, 0.5) is 8.78 Å². The van der Waals surface area contributed by atoms with Crippen LogP contribution in [0.25, 0.3) is 0 Å². The van der Waals surface area contributed by atoms with Gasteiger partial charge in [0.05, 0.1) is 6.61 Å². The maximum Gasteiger partial charge on any atom is 0.203 e. The van der Waals surface area contributed by atoms with E-state index in [2.05, 4.69) is 20.1 Å². The summed E-state index contributed by atoms with van der Waals surface area (Å²) in [5.41, 5.74) is 0. The highest BCUT2D eigenvalue weighted by Gasteiger charge is 2.22. The van der Waals surface area contributed by atoms with Gasteiger partial charge in [0.15, 0.2) is 5.76 Å². The highest BCUT2D eigenvalue weighted by Crippen LogP contribution is 2.32. The number of halogens is 2. The maximum absolute atomic E-state index is 13.4. The monoisotopic (exact) mass is 286 g/mol. The molecule has 0 aliphatic heterocycles. The summed E-state index contributed by atoms with van der Waals surface area (Å²) in [5.74, 6) is -2.86. The van der Waals surface area contributed by atoms with Crippen LogP contribution in [0.15, 0.2) is 36.3 Å². The Morgan fingerprint density at radius 1 is 1.10 bits per heavy atom. The van der Waals surface area contributed by atoms with Crippen LogP contribution in [-0.2, 0) is 4.74 Å². The minimum absolute atomic E-state index is 0.344. The summed E-state index contributed by atoms with van der Waals surface area (Å²) in [6.07, 6.45) is 6.93. The van der Waals surface area contributed by atoms with Gasteiger partial charge in [-0.2, -0.15) is 8.78 Å². The fourth-order valence-corrected chi connectivity index (χ4v) is 2.63. The van der Waals surface area contributed by atoms with E-state index in [-0.39, 0.29) is 5.76 Å². The highest BCUT2D eigenvalue weighted by molar-refractivity contribution is 5.28. The van der Waals surface area contributed by atoms with Gasteiger partial charge >= 0.3 is 0 Å². The van der Waals surface area contributed by atoms with Crippen molar-refractivity contribution in [2.24, 2.45) is 11.8 Å². The first-order chi connectivity index (χ1) is 9.45. The van der Waals surface area contributed by atoms with E-state index < -0.39 is 17.4 Å². The summed E-state index contributed by atoms with van der Waals surface area (Å²) >= 11 is 0. The Bertz CT molecular complexity index is 380. The van der Waals surface area contributed by atoms with Gasteiger partial charge in [0, 0.05) is 0 Å². The molecule has 0 aromatic heterocycles. The van der Waals surface area contributed by atoms with E-state index in [9.17, 15) is 8.78 Å². The minimum Gasteiger partial charge on any atom is -0.505 e. The maximum atomic E-state index is 13.4. The van der Waals surface area contributed by atoms with Crippen molar-refractivity contribution in [2.75, 3.05) is 6.61 Å². The number of allylic oxidation sites excluding steroid dienone is 2. The van der Waals surface area contributed by atoms with Crippen LogP contribution in [0.2, 0.25) is 0 Å². The van der Waals surface area contributed by atoms with E-state index in [1.165, 1.54) is 25.7 Å². The van der Waals surface area contributed by atoms with Gasteiger partial charge in [0.25, 0.3) is 0 Å². The normalized spacial score (nSPS) is 23.9. The first-order valence-corrected chi connectivity index (χ1v) is 7.21. The van der Waals surface area contributed by atoms with Crippen LogP contribution in [-0.4, -0.2) is 11.7 Å². The van der Waals surface area contributed by atoms with Crippen LogP contribution in [0.1, 0.15) is 45.4 Å². The summed E-state index contributed by atoms with van der Waals surface area (Å²) in [7, 11) is 0. The molecule has 1 rings (SSSR count). The molecule has 0 aromatic carbocycles. The predicted octanol–water partition coefficient (Wildman–Crippen LogP) is 5.35. The first kappa shape index (κ1) is 16.7. The number of rotatable bonds is 7. The SMILES string of the molecule is C=C(O)/C(F)=C(/F)C(=C)OCC1CCC(CCC)CC1. The molecular formula is C16H24F2O2. The Balaban J connectivity index is 2.36. The van der Waals surface area contributed by atoms with Crippen molar-refractivity contribution in [3.63, 3.8) is 0 Å². The van der Waals surface area contributed by atoms with Crippen molar-refractivity contribution in [3.05, 3.63) is 36.3 Å². The van der Waals surface area contributed by atoms with Crippen molar-refractivity contribution in [3.8, 4) is 0 Å². The van der Waals surface area contributed by atoms with Gasteiger partial charge in [-0.3, -0.25) is 0 Å². The van der Waals surface area contributed by atoms with E-state index in [4.69, 9.17) is 9.84 Å². The zero-order chi connectivity index (χ0) is 15.1. The standard InChI is InChI=1S/C16H24F2O2/c1-4-5-13-6-8-14(9-7-13)10-20-12(3)16(18)15(17)11(2)19/h13-14,19H,2-10H2,1H3/b16-15-. The molecule has 0 saturated heterocycles. The summed E-state index contributed by atoms with van der Waals surface area (Å²) in [5, 5.41) is 8.77. The molecule has 0 radical (unpaired) electrons. The summed E-state index contributed by atoms with van der Waals surface area (Å²) in [6, 6.07) is 0. The molecule has 0 heterocycles. The molecule has 20 heavy (non-hydrogen) atoms. The molecule has 1 aliphatic rings. The van der Waals surface area contributed by atoms with Crippen molar-refractivity contribution in [1.82, 2.24) is 0 Å². The molecule has 0 bridgehead atoms. The van der Waals surface area contributed by atoms with Gasteiger partial charge in [0.2, 0.25) is 11.7 Å². The molecule has 0 amide bonds. The lowest BCUT2D eigenvalue weighted by molar-refractivity contribution is 0.125. The second kappa shape index (κ2) is 8.08. The topological polar surface area (TPSA) is 29.5 Å². The summed E-state index contributed by atoms with van der Waals surface area (Å²) in [4.78, 5) is 0. The zero-order valence-corrected chi connectivity index (χ0v) is 12.1. The average Bonchev–Trinajstić information content (AvgIpc) is 2.44. The van der Waals surface area contributed by atoms with Crippen molar-refractivity contribution >= 4 is 0 Å². The number of aliphatic hydroxyl groups excluding tert-OH is 1. The largest absolute Gasteiger partial charge is 0.505 e. The van der Waals surface area contributed by atoms with Crippen LogP contribution in [0, 0.1) is 11.8 Å². The Morgan fingerprint density at radius 2 is 1.65 bits per heavy atom. The molecule has 1 N–H and O–H groups in total. The van der Waals surface area contributed by atoms with Gasteiger partial charge in [-0.25, -0.2) is 0 Å². The fraction of sp³-hybridized carbons (Fsp3) is 0.625. The summed E-state index contributed by atoms with van der Waals surface area (Å²) in [6.45, 7) is 8.80. The van der Waals surface area contributed by atoms with Crippen LogP contribution in [0.5, 0.6) is 0 Å². The van der Waals surface area contributed by atoms with Crippen LogP contribution < -0.4 is 0 Å². The third-order valence-corrected chi connectivity index (χ3v) is 3.85. The van der Waals surface area contributed by atoms with Crippen molar-refractivity contribution in [1.29, 1.82) is 0 Å². The lowest BCUT2D eigenvalue weighted by Gasteiger charge is -2.28. The molecule has 1 fully saturated rings. The molecule has 1 saturated carbocycles. The van der Waals surface area contributed by atoms with Crippen LogP contribution in [0.3, 0.4) is 0 Å². The number of ether oxygens (including phenoxy) is 1. The number of hydrogen-bond acceptors (Lipinski definition) is 2. The van der Waals surface area contributed by atoms with Gasteiger partial charge < -0.3 is 9.84 Å². The number of aliphatic hydroxyl groups is 1. The fourth-order valence-electron chi connectivity index (χ4n) is 2.63. The molecule has 0 spiro atoms. The lowest BCUT2D eigenvalue weighted by Crippen LogP contribution is -2.18. The minimum atomic E-state index is -1.42. The van der Waals surface area contributed by atoms with Gasteiger partial charge in [-0.15, -0.1) is 0 Å². The first-order valence-electron chi connectivity index (χ1n) is 7.21. The average molecular weight is 286 g/mol. The molecule has 114 valence electrons. The van der Waals surface area contributed by atoms with Crippen LogP contribution >= 0.6 is 0 Å². The Hall–Kier alpha value is -1.32. The van der Waals surface area contributed by atoms with Crippen molar-refractivity contribution in [2.45, 2.75) is 45.4 Å². The van der Waals surface area contributed by atoms with E-state index in [0.29, 0.717) is 12.5 Å². The molecule has 4 heteroatoms. The van der Waals surface area contributed by atoms with Gasteiger partial charge in [-0.05, 0) is 24.7 Å². The molecule has 1 aliphatic carbocycles. The molecule has 0 unspecified atom stereocenters. The lowest BCUT2D eigenvalue weighted by atomic mass is 9.80. The Morgan fingerprint density at radius 3 is 2.15 bits per heavy atom. The van der Waals surface area contributed by atoms with E-state index in [0.717, 1.165) is 18.8 Å². The second-order valence-electron chi connectivity index (χ2n) is 5.48. The van der Waals surface area contributed by atoms with E-state index in [1.807, 2.05) is 0 Å². The predicted molar refractivity (Wildman–Crippen MR) is 76.5 cm³/mol.